The first kappa shape index (κ1) is 28.6. The predicted octanol–water partition coefficient (Wildman–Crippen LogP) is 6.34. The lowest BCUT2D eigenvalue weighted by molar-refractivity contribution is -0.130. The summed E-state index contributed by atoms with van der Waals surface area (Å²) in [5.74, 6) is -0.766. The van der Waals surface area contributed by atoms with Crippen molar-refractivity contribution in [2.75, 3.05) is 0 Å². The Morgan fingerprint density at radius 1 is 0.825 bits per heavy atom. The highest BCUT2D eigenvalue weighted by Crippen LogP contribution is 2.25. The summed E-state index contributed by atoms with van der Waals surface area (Å²) in [6, 6.07) is 33.2. The maximum atomic E-state index is 13.6. The van der Waals surface area contributed by atoms with Crippen molar-refractivity contribution in [2.45, 2.75) is 32.4 Å². The van der Waals surface area contributed by atoms with Crippen molar-refractivity contribution in [3.05, 3.63) is 136 Å². The quantitative estimate of drug-likeness (QED) is 0.168. The molecule has 1 atom stereocenters. The van der Waals surface area contributed by atoms with Crippen molar-refractivity contribution in [3.63, 3.8) is 0 Å². The average Bonchev–Trinajstić information content (AvgIpc) is 2.96. The van der Waals surface area contributed by atoms with E-state index in [-0.39, 0.29) is 11.8 Å². The average molecular weight is 554 g/mol. The second-order valence-electron chi connectivity index (χ2n) is 9.68. The molecular weight excluding hydrogens is 522 g/mol. The molecule has 4 aromatic rings. The molecule has 0 heterocycles. The highest BCUT2D eigenvalue weighted by molar-refractivity contribution is 6.30. The van der Waals surface area contributed by atoms with Gasteiger partial charge in [-0.25, -0.2) is 5.43 Å². The molecule has 4 aromatic carbocycles. The number of rotatable bonds is 11. The third kappa shape index (κ3) is 7.80. The number of carbonyl (C=O) groups is 2. The minimum Gasteiger partial charge on any atom is -0.488 e. The van der Waals surface area contributed by atoms with Gasteiger partial charge in [0.15, 0.2) is 0 Å². The van der Waals surface area contributed by atoms with E-state index < -0.39 is 17.9 Å². The standard InChI is InChI=1S/C33H32ClN3O3/c1-23(2)31(36-32(38)30(25-13-5-3-6-14-25)26-15-7-4-8-16-26)33(39)37-35-21-27-17-9-10-19-29(27)40-22-24-12-11-18-28(34)20-24/h3-21,23,30-31H,22H2,1-2H3,(H,36,38)(H,37,39)/b35-21-/t31-/m0/s1. The molecule has 204 valence electrons. The Bertz CT molecular complexity index is 1400. The zero-order chi connectivity index (χ0) is 28.3. The molecule has 40 heavy (non-hydrogen) atoms. The Hall–Kier alpha value is -4.42. The molecule has 0 saturated carbocycles. The van der Waals surface area contributed by atoms with E-state index >= 15 is 0 Å². The maximum absolute atomic E-state index is 13.6. The zero-order valence-electron chi connectivity index (χ0n) is 22.5. The van der Waals surface area contributed by atoms with Crippen LogP contribution in [-0.4, -0.2) is 24.1 Å². The SMILES string of the molecule is CC(C)[C@H](NC(=O)C(c1ccccc1)c1ccccc1)C(=O)N/N=C\c1ccccc1OCc1cccc(Cl)c1. The lowest BCUT2D eigenvalue weighted by atomic mass is 9.89. The second-order valence-corrected chi connectivity index (χ2v) is 10.1. The Labute approximate surface area is 240 Å². The van der Waals surface area contributed by atoms with Crippen LogP contribution < -0.4 is 15.5 Å². The van der Waals surface area contributed by atoms with Crippen LogP contribution in [0.15, 0.2) is 114 Å². The summed E-state index contributed by atoms with van der Waals surface area (Å²) in [6.07, 6.45) is 1.53. The molecule has 2 amide bonds. The molecule has 6 nitrogen and oxygen atoms in total. The van der Waals surface area contributed by atoms with E-state index in [1.165, 1.54) is 6.21 Å². The number of nitrogens with zero attached hydrogens (tertiary/aromatic N) is 1. The van der Waals surface area contributed by atoms with Crippen molar-refractivity contribution >= 4 is 29.6 Å². The number of ether oxygens (including phenoxy) is 1. The third-order valence-electron chi connectivity index (χ3n) is 6.36. The fourth-order valence-corrected chi connectivity index (χ4v) is 4.51. The number of carbonyl (C=O) groups excluding carboxylic acids is 2. The molecule has 4 rings (SSSR count). The molecule has 7 heteroatoms. The molecule has 0 aliphatic carbocycles. The largest absolute Gasteiger partial charge is 0.488 e. The molecule has 0 saturated heterocycles. The smallest absolute Gasteiger partial charge is 0.262 e. The first-order valence-corrected chi connectivity index (χ1v) is 13.5. The monoisotopic (exact) mass is 553 g/mol. The van der Waals surface area contributed by atoms with Crippen LogP contribution in [0.2, 0.25) is 5.02 Å². The number of para-hydroxylation sites is 1. The molecule has 0 spiro atoms. The van der Waals surface area contributed by atoms with E-state index in [0.717, 1.165) is 16.7 Å². The Kier molecular flexibility index (Phi) is 10.1. The van der Waals surface area contributed by atoms with Gasteiger partial charge in [-0.15, -0.1) is 0 Å². The summed E-state index contributed by atoms with van der Waals surface area (Å²) < 4.78 is 5.96. The van der Waals surface area contributed by atoms with Crippen LogP contribution in [0.25, 0.3) is 0 Å². The van der Waals surface area contributed by atoms with Crippen molar-refractivity contribution in [1.82, 2.24) is 10.7 Å². The number of halogens is 1. The normalized spacial score (nSPS) is 11.9. The summed E-state index contributed by atoms with van der Waals surface area (Å²) in [7, 11) is 0. The minimum absolute atomic E-state index is 0.167. The topological polar surface area (TPSA) is 79.8 Å². The Balaban J connectivity index is 1.44. The molecule has 0 aliphatic heterocycles. The minimum atomic E-state index is -0.783. The molecular formula is C33H32ClN3O3. The van der Waals surface area contributed by atoms with Gasteiger partial charge in [-0.3, -0.25) is 9.59 Å². The Morgan fingerprint density at radius 3 is 2.08 bits per heavy atom. The zero-order valence-corrected chi connectivity index (χ0v) is 23.2. The van der Waals surface area contributed by atoms with Crippen LogP contribution in [0.1, 0.15) is 42.0 Å². The molecule has 0 fully saturated rings. The van der Waals surface area contributed by atoms with Gasteiger partial charge in [-0.1, -0.05) is 110 Å². The van der Waals surface area contributed by atoms with Crippen LogP contribution >= 0.6 is 11.6 Å². The van der Waals surface area contributed by atoms with Gasteiger partial charge in [0.2, 0.25) is 5.91 Å². The lowest BCUT2D eigenvalue weighted by Gasteiger charge is -2.24. The number of amides is 2. The van der Waals surface area contributed by atoms with Gasteiger partial charge in [0.1, 0.15) is 18.4 Å². The summed E-state index contributed by atoms with van der Waals surface area (Å²) in [5, 5.41) is 7.77. The number of hydrazone groups is 1. The molecule has 0 bridgehead atoms. The van der Waals surface area contributed by atoms with Crippen LogP contribution in [0, 0.1) is 5.92 Å². The van der Waals surface area contributed by atoms with Crippen molar-refractivity contribution in [3.8, 4) is 5.75 Å². The molecule has 0 radical (unpaired) electrons. The Morgan fingerprint density at radius 2 is 1.45 bits per heavy atom. The number of hydrogen-bond donors (Lipinski definition) is 2. The lowest BCUT2D eigenvalue weighted by Crippen LogP contribution is -2.50. The van der Waals surface area contributed by atoms with Gasteiger partial charge in [0.05, 0.1) is 12.1 Å². The summed E-state index contributed by atoms with van der Waals surface area (Å²) in [6.45, 7) is 4.10. The van der Waals surface area contributed by atoms with E-state index in [1.807, 2.05) is 123 Å². The molecule has 0 aromatic heterocycles. The second kappa shape index (κ2) is 14.1. The van der Waals surface area contributed by atoms with Gasteiger partial charge in [-0.2, -0.15) is 5.10 Å². The number of benzene rings is 4. The van der Waals surface area contributed by atoms with Crippen LogP contribution in [0.3, 0.4) is 0 Å². The fraction of sp³-hybridized carbons (Fsp3) is 0.182. The number of hydrogen-bond acceptors (Lipinski definition) is 4. The van der Waals surface area contributed by atoms with Crippen LogP contribution in [0.5, 0.6) is 5.75 Å². The van der Waals surface area contributed by atoms with Gasteiger partial charge in [-0.05, 0) is 46.9 Å². The van der Waals surface area contributed by atoms with Crippen LogP contribution in [0.4, 0.5) is 0 Å². The molecule has 0 unspecified atom stereocenters. The summed E-state index contributed by atoms with van der Waals surface area (Å²) in [4.78, 5) is 26.7. The van der Waals surface area contributed by atoms with Gasteiger partial charge in [0, 0.05) is 10.6 Å². The van der Waals surface area contributed by atoms with Crippen LogP contribution in [-0.2, 0) is 16.2 Å². The fourth-order valence-electron chi connectivity index (χ4n) is 4.30. The first-order valence-electron chi connectivity index (χ1n) is 13.1. The maximum Gasteiger partial charge on any atom is 0.262 e. The van der Waals surface area contributed by atoms with Crippen molar-refractivity contribution in [1.29, 1.82) is 0 Å². The third-order valence-corrected chi connectivity index (χ3v) is 6.59. The summed E-state index contributed by atoms with van der Waals surface area (Å²) in [5.41, 5.74) is 5.92. The molecule has 0 aliphatic rings. The highest BCUT2D eigenvalue weighted by atomic mass is 35.5. The van der Waals surface area contributed by atoms with Crippen molar-refractivity contribution in [2.24, 2.45) is 11.0 Å². The first-order chi connectivity index (χ1) is 19.4. The van der Waals surface area contributed by atoms with E-state index in [9.17, 15) is 9.59 Å². The highest BCUT2D eigenvalue weighted by Gasteiger charge is 2.29. The van der Waals surface area contributed by atoms with E-state index in [1.54, 1.807) is 0 Å². The van der Waals surface area contributed by atoms with E-state index in [0.29, 0.717) is 22.9 Å². The van der Waals surface area contributed by atoms with Gasteiger partial charge >= 0.3 is 0 Å². The predicted molar refractivity (Wildman–Crippen MR) is 159 cm³/mol. The van der Waals surface area contributed by atoms with Crippen molar-refractivity contribution < 1.29 is 14.3 Å². The van der Waals surface area contributed by atoms with Gasteiger partial charge < -0.3 is 10.1 Å². The summed E-state index contributed by atoms with van der Waals surface area (Å²) >= 11 is 6.07. The van der Waals surface area contributed by atoms with Gasteiger partial charge in [0.25, 0.3) is 5.91 Å². The number of nitrogens with one attached hydrogen (secondary N) is 2. The van der Waals surface area contributed by atoms with E-state index in [4.69, 9.17) is 16.3 Å². The van der Waals surface area contributed by atoms with E-state index in [2.05, 4.69) is 15.8 Å². The molecule has 2 N–H and O–H groups in total.